The minimum atomic E-state index is -0.767. The summed E-state index contributed by atoms with van der Waals surface area (Å²) in [5, 5.41) is 19.8. The highest BCUT2D eigenvalue weighted by Gasteiger charge is 2.45. The van der Waals surface area contributed by atoms with E-state index in [1.54, 1.807) is 0 Å². The maximum absolute atomic E-state index is 11.0. The van der Waals surface area contributed by atoms with Crippen LogP contribution in [-0.4, -0.2) is 72.2 Å². The van der Waals surface area contributed by atoms with Crippen molar-refractivity contribution in [3.05, 3.63) is 72.3 Å². The molecule has 0 amide bonds. The number of morpholine rings is 1. The highest BCUT2D eigenvalue weighted by atomic mass is 16.5. The molecule has 0 spiro atoms. The number of ether oxygens (including phenoxy) is 2. The Labute approximate surface area is 220 Å². The van der Waals surface area contributed by atoms with Gasteiger partial charge in [0.05, 0.1) is 25.4 Å². The van der Waals surface area contributed by atoms with Gasteiger partial charge >= 0.3 is 5.97 Å². The van der Waals surface area contributed by atoms with E-state index in [4.69, 9.17) is 14.6 Å². The van der Waals surface area contributed by atoms with Gasteiger partial charge in [-0.3, -0.25) is 9.69 Å². The third kappa shape index (κ3) is 8.24. The minimum absolute atomic E-state index is 0.0377. The summed E-state index contributed by atoms with van der Waals surface area (Å²) in [5.41, 5.74) is 3.77. The molecule has 0 bridgehead atoms. The van der Waals surface area contributed by atoms with Crippen molar-refractivity contribution >= 4 is 5.97 Å². The number of carbonyl (C=O) groups is 1. The lowest BCUT2D eigenvalue weighted by Crippen LogP contribution is -2.50. The molecule has 2 aromatic carbocycles. The van der Waals surface area contributed by atoms with Crippen LogP contribution >= 0.6 is 0 Å². The first-order valence-electron chi connectivity index (χ1n) is 13.7. The largest absolute Gasteiger partial charge is 0.481 e. The molecule has 37 heavy (non-hydrogen) atoms. The second kappa shape index (κ2) is 14.4. The molecular weight excluding hydrogens is 466 g/mol. The predicted octanol–water partition coefficient (Wildman–Crippen LogP) is 4.95. The smallest absolute Gasteiger partial charge is 0.303 e. The van der Waals surface area contributed by atoms with E-state index in [1.165, 1.54) is 16.7 Å². The summed E-state index contributed by atoms with van der Waals surface area (Å²) in [4.78, 5) is 13.1. The molecule has 1 saturated heterocycles. The molecule has 2 aromatic rings. The lowest BCUT2D eigenvalue weighted by molar-refractivity contribution is -0.136. The van der Waals surface area contributed by atoms with Crippen molar-refractivity contribution in [2.45, 2.75) is 63.2 Å². The van der Waals surface area contributed by atoms with E-state index >= 15 is 0 Å². The van der Waals surface area contributed by atoms with Gasteiger partial charge < -0.3 is 19.7 Å². The van der Waals surface area contributed by atoms with Gasteiger partial charge in [-0.15, -0.1) is 0 Å². The monoisotopic (exact) mass is 507 g/mol. The summed E-state index contributed by atoms with van der Waals surface area (Å²) in [6.07, 6.45) is 8.78. The number of allylic oxidation sites excluding steroid dienone is 2. The second-order valence-corrected chi connectivity index (χ2v) is 10.2. The maximum Gasteiger partial charge on any atom is 0.303 e. The molecular formula is C31H41NO5. The van der Waals surface area contributed by atoms with Gasteiger partial charge in [0.15, 0.2) is 0 Å². The quantitative estimate of drug-likeness (QED) is 0.295. The number of rotatable bonds is 13. The Balaban J connectivity index is 1.28. The normalized spacial score (nSPS) is 24.6. The Bertz CT molecular complexity index is 971. The Morgan fingerprint density at radius 2 is 1.70 bits per heavy atom. The molecule has 0 unspecified atom stereocenters. The van der Waals surface area contributed by atoms with E-state index in [1.807, 2.05) is 12.1 Å². The van der Waals surface area contributed by atoms with Gasteiger partial charge in [0.2, 0.25) is 0 Å². The Kier molecular flexibility index (Phi) is 10.7. The average molecular weight is 508 g/mol. The lowest BCUT2D eigenvalue weighted by Gasteiger charge is -2.38. The molecule has 2 fully saturated rings. The third-order valence-corrected chi connectivity index (χ3v) is 7.61. The molecule has 1 aliphatic heterocycles. The van der Waals surface area contributed by atoms with Crippen LogP contribution in [0.2, 0.25) is 0 Å². The standard InChI is InChI=1S/C31H41NO5/c33-28-23-29(37-20-8-9-24-14-16-26(17-15-24)25-10-4-3-5-11-25)27(12-6-1-2-7-13-30(34)35)31(28)32-18-21-36-22-19-32/h1-5,10-11,14-17,27-29,31,33H,6-9,12-13,18-23H2,(H,34,35)/b2-1-/t27-,28+,29-,31+/m0/s1. The number of aliphatic hydroxyl groups is 1. The SMILES string of the molecule is O=C(O)CC/C=C\CC[C@@H]1[C@@H](N2CCOCC2)[C@H](O)C[C@@H]1OCCCc1ccc(-c2ccccc2)cc1. The number of carboxylic acids is 1. The fraction of sp³-hybridized carbons (Fsp3) is 0.516. The van der Waals surface area contributed by atoms with Crippen molar-refractivity contribution in [1.29, 1.82) is 0 Å². The molecule has 4 atom stereocenters. The summed E-state index contributed by atoms with van der Waals surface area (Å²) in [6, 6.07) is 19.3. The van der Waals surface area contributed by atoms with E-state index in [9.17, 15) is 9.90 Å². The van der Waals surface area contributed by atoms with Gasteiger partial charge in [-0.25, -0.2) is 0 Å². The van der Waals surface area contributed by atoms with Gasteiger partial charge in [0.25, 0.3) is 0 Å². The number of aliphatic carboxylic acids is 1. The minimum Gasteiger partial charge on any atom is -0.481 e. The van der Waals surface area contributed by atoms with Crippen LogP contribution < -0.4 is 0 Å². The van der Waals surface area contributed by atoms with Crippen LogP contribution in [0.15, 0.2) is 66.7 Å². The van der Waals surface area contributed by atoms with Crippen LogP contribution in [0.5, 0.6) is 0 Å². The molecule has 1 heterocycles. The van der Waals surface area contributed by atoms with E-state index < -0.39 is 12.1 Å². The first kappa shape index (κ1) is 27.5. The van der Waals surface area contributed by atoms with Crippen molar-refractivity contribution in [2.24, 2.45) is 5.92 Å². The number of aryl methyl sites for hydroxylation is 1. The molecule has 2 N–H and O–H groups in total. The molecule has 4 rings (SSSR count). The molecule has 6 nitrogen and oxygen atoms in total. The molecule has 1 aliphatic carbocycles. The first-order valence-corrected chi connectivity index (χ1v) is 13.7. The summed E-state index contributed by atoms with van der Waals surface area (Å²) in [5.74, 6) is -0.515. The summed E-state index contributed by atoms with van der Waals surface area (Å²) in [7, 11) is 0. The fourth-order valence-electron chi connectivity index (χ4n) is 5.73. The zero-order valence-corrected chi connectivity index (χ0v) is 21.7. The second-order valence-electron chi connectivity index (χ2n) is 10.2. The van der Waals surface area contributed by atoms with Crippen LogP contribution in [-0.2, 0) is 20.7 Å². The summed E-state index contributed by atoms with van der Waals surface area (Å²) >= 11 is 0. The molecule has 0 aromatic heterocycles. The number of hydrogen-bond donors (Lipinski definition) is 2. The van der Waals surface area contributed by atoms with Crippen LogP contribution in [0.25, 0.3) is 11.1 Å². The zero-order valence-electron chi connectivity index (χ0n) is 21.7. The van der Waals surface area contributed by atoms with Crippen LogP contribution in [0.3, 0.4) is 0 Å². The van der Waals surface area contributed by atoms with E-state index in [0.717, 1.165) is 38.8 Å². The predicted molar refractivity (Wildman–Crippen MR) is 145 cm³/mol. The molecule has 2 aliphatic rings. The van der Waals surface area contributed by atoms with Crippen molar-refractivity contribution in [1.82, 2.24) is 4.90 Å². The van der Waals surface area contributed by atoms with Crippen molar-refractivity contribution in [3.63, 3.8) is 0 Å². The van der Waals surface area contributed by atoms with Crippen LogP contribution in [0.1, 0.15) is 44.1 Å². The van der Waals surface area contributed by atoms with Crippen molar-refractivity contribution in [3.8, 4) is 11.1 Å². The van der Waals surface area contributed by atoms with Crippen LogP contribution in [0, 0.1) is 5.92 Å². The first-order chi connectivity index (χ1) is 18.1. The van der Waals surface area contributed by atoms with Crippen molar-refractivity contribution in [2.75, 3.05) is 32.9 Å². The van der Waals surface area contributed by atoms with Gasteiger partial charge in [-0.2, -0.15) is 0 Å². The topological polar surface area (TPSA) is 79.2 Å². The van der Waals surface area contributed by atoms with Crippen molar-refractivity contribution < 1.29 is 24.5 Å². The number of nitrogens with zero attached hydrogens (tertiary/aromatic N) is 1. The number of carboxylic acid groups (broad SMARTS) is 1. The fourth-order valence-corrected chi connectivity index (χ4v) is 5.73. The van der Waals surface area contributed by atoms with Gasteiger partial charge in [0, 0.05) is 44.5 Å². The highest BCUT2D eigenvalue weighted by molar-refractivity contribution is 5.66. The van der Waals surface area contributed by atoms with E-state index in [0.29, 0.717) is 32.7 Å². The molecule has 1 saturated carbocycles. The average Bonchev–Trinajstić information content (AvgIpc) is 3.24. The summed E-state index contributed by atoms with van der Waals surface area (Å²) in [6.45, 7) is 3.79. The third-order valence-electron chi connectivity index (χ3n) is 7.61. The number of aliphatic hydroxyl groups excluding tert-OH is 1. The van der Waals surface area contributed by atoms with Gasteiger partial charge in [-0.05, 0) is 48.8 Å². The van der Waals surface area contributed by atoms with E-state index in [2.05, 4.69) is 59.5 Å². The molecule has 200 valence electrons. The lowest BCUT2D eigenvalue weighted by atomic mass is 9.93. The van der Waals surface area contributed by atoms with E-state index in [-0.39, 0.29) is 24.5 Å². The number of benzene rings is 2. The Morgan fingerprint density at radius 1 is 1.00 bits per heavy atom. The van der Waals surface area contributed by atoms with Crippen LogP contribution in [0.4, 0.5) is 0 Å². The Hall–Kier alpha value is -2.51. The highest BCUT2D eigenvalue weighted by Crippen LogP contribution is 2.36. The number of hydrogen-bond acceptors (Lipinski definition) is 5. The zero-order chi connectivity index (χ0) is 25.9. The molecule has 6 heteroatoms. The van der Waals surface area contributed by atoms with Gasteiger partial charge in [-0.1, -0.05) is 66.7 Å². The maximum atomic E-state index is 11.0. The summed E-state index contributed by atoms with van der Waals surface area (Å²) < 4.78 is 12.0. The van der Waals surface area contributed by atoms with Gasteiger partial charge in [0.1, 0.15) is 0 Å². The Morgan fingerprint density at radius 3 is 2.43 bits per heavy atom. The molecule has 0 radical (unpaired) electrons.